The highest BCUT2D eigenvalue weighted by molar-refractivity contribution is 7.89. The molecule has 0 aromatic heterocycles. The van der Waals surface area contributed by atoms with Crippen molar-refractivity contribution in [3.8, 4) is 0 Å². The number of amides is 1. The molecule has 1 aliphatic heterocycles. The predicted octanol–water partition coefficient (Wildman–Crippen LogP) is 3.22. The van der Waals surface area contributed by atoms with Crippen LogP contribution in [0.4, 0.5) is 0 Å². The number of hydrogen-bond donors (Lipinski definition) is 1. The van der Waals surface area contributed by atoms with E-state index in [1.54, 1.807) is 26.0 Å². The van der Waals surface area contributed by atoms with Crippen molar-refractivity contribution < 1.29 is 13.2 Å². The third kappa shape index (κ3) is 4.76. The SMILES string of the molecule is CC(C)NS(=O)(=O)c1ccc(C(=O)N2CCCC2Cc2ccccc2)cc1. The second-order valence-electron chi connectivity index (χ2n) is 7.28. The smallest absolute Gasteiger partial charge is 0.254 e. The van der Waals surface area contributed by atoms with E-state index in [4.69, 9.17) is 0 Å². The highest BCUT2D eigenvalue weighted by Gasteiger charge is 2.29. The summed E-state index contributed by atoms with van der Waals surface area (Å²) in [5, 5.41) is 0. The summed E-state index contributed by atoms with van der Waals surface area (Å²) in [6.45, 7) is 4.29. The standard InChI is InChI=1S/C21H26N2O3S/c1-16(2)22-27(25,26)20-12-10-18(11-13-20)21(24)23-14-6-9-19(23)15-17-7-4-3-5-8-17/h3-5,7-8,10-13,16,19,22H,6,9,14-15H2,1-2H3. The average Bonchev–Trinajstić information content (AvgIpc) is 3.09. The summed E-state index contributed by atoms with van der Waals surface area (Å²) in [7, 11) is -3.55. The van der Waals surface area contributed by atoms with Crippen molar-refractivity contribution in [3.63, 3.8) is 0 Å². The van der Waals surface area contributed by atoms with Crippen LogP contribution >= 0.6 is 0 Å². The molecule has 0 radical (unpaired) electrons. The van der Waals surface area contributed by atoms with Crippen LogP contribution in [-0.4, -0.2) is 37.9 Å². The maximum atomic E-state index is 12.9. The van der Waals surface area contributed by atoms with E-state index >= 15 is 0 Å². The van der Waals surface area contributed by atoms with Gasteiger partial charge in [0.25, 0.3) is 5.91 Å². The number of likely N-dealkylation sites (tertiary alicyclic amines) is 1. The average molecular weight is 387 g/mol. The molecular weight excluding hydrogens is 360 g/mol. The Balaban J connectivity index is 1.73. The molecule has 1 atom stereocenters. The Morgan fingerprint density at radius 1 is 1.11 bits per heavy atom. The molecule has 3 rings (SSSR count). The van der Waals surface area contributed by atoms with Crippen LogP contribution in [0.25, 0.3) is 0 Å². The van der Waals surface area contributed by atoms with E-state index in [0.717, 1.165) is 25.8 Å². The number of hydrogen-bond acceptors (Lipinski definition) is 3. The lowest BCUT2D eigenvalue weighted by molar-refractivity contribution is 0.0736. The van der Waals surface area contributed by atoms with Crippen LogP contribution in [0.5, 0.6) is 0 Å². The van der Waals surface area contributed by atoms with Crippen LogP contribution in [-0.2, 0) is 16.4 Å². The number of carbonyl (C=O) groups excluding carboxylic acids is 1. The van der Waals surface area contributed by atoms with Crippen LogP contribution in [0.2, 0.25) is 0 Å². The monoisotopic (exact) mass is 386 g/mol. The molecule has 0 bridgehead atoms. The van der Waals surface area contributed by atoms with Crippen LogP contribution < -0.4 is 4.72 Å². The van der Waals surface area contributed by atoms with Gasteiger partial charge in [-0.2, -0.15) is 0 Å². The lowest BCUT2D eigenvalue weighted by Crippen LogP contribution is -2.36. The number of carbonyl (C=O) groups is 1. The Kier molecular flexibility index (Phi) is 5.97. The molecular formula is C21H26N2O3S. The van der Waals surface area contributed by atoms with Crippen LogP contribution in [0.3, 0.4) is 0 Å². The minimum atomic E-state index is -3.55. The second-order valence-corrected chi connectivity index (χ2v) is 9.00. The maximum absolute atomic E-state index is 12.9. The van der Waals surface area contributed by atoms with Crippen LogP contribution in [0.15, 0.2) is 59.5 Å². The van der Waals surface area contributed by atoms with E-state index in [0.29, 0.717) is 5.56 Å². The Morgan fingerprint density at radius 2 is 1.78 bits per heavy atom. The fourth-order valence-electron chi connectivity index (χ4n) is 3.52. The van der Waals surface area contributed by atoms with E-state index in [1.807, 2.05) is 23.1 Å². The molecule has 1 aliphatic rings. The molecule has 144 valence electrons. The van der Waals surface area contributed by atoms with Gasteiger partial charge in [0.2, 0.25) is 10.0 Å². The van der Waals surface area contributed by atoms with Crippen molar-refractivity contribution in [2.45, 2.75) is 50.1 Å². The fourth-order valence-corrected chi connectivity index (χ4v) is 4.77. The molecule has 5 nitrogen and oxygen atoms in total. The Hall–Kier alpha value is -2.18. The number of rotatable bonds is 6. The fraction of sp³-hybridized carbons (Fsp3) is 0.381. The highest BCUT2D eigenvalue weighted by atomic mass is 32.2. The van der Waals surface area contributed by atoms with E-state index in [2.05, 4.69) is 16.9 Å². The first kappa shape index (κ1) is 19.6. The molecule has 1 N–H and O–H groups in total. The van der Waals surface area contributed by atoms with Gasteiger partial charge in [0.1, 0.15) is 0 Å². The largest absolute Gasteiger partial charge is 0.335 e. The van der Waals surface area contributed by atoms with Crippen LogP contribution in [0.1, 0.15) is 42.6 Å². The quantitative estimate of drug-likeness (QED) is 0.829. The summed E-state index contributed by atoms with van der Waals surface area (Å²) in [5.41, 5.74) is 1.75. The van der Waals surface area contributed by atoms with Gasteiger partial charge in [-0.15, -0.1) is 0 Å². The lowest BCUT2D eigenvalue weighted by Gasteiger charge is -2.25. The van der Waals surface area contributed by atoms with Crippen molar-refractivity contribution in [2.75, 3.05) is 6.54 Å². The van der Waals surface area contributed by atoms with Crippen molar-refractivity contribution in [2.24, 2.45) is 0 Å². The summed E-state index contributed by atoms with van der Waals surface area (Å²) >= 11 is 0. The zero-order valence-electron chi connectivity index (χ0n) is 15.8. The van der Waals surface area contributed by atoms with Gasteiger partial charge in [0.15, 0.2) is 0 Å². The minimum absolute atomic E-state index is 0.0332. The molecule has 1 saturated heterocycles. The third-order valence-electron chi connectivity index (χ3n) is 4.75. The summed E-state index contributed by atoms with van der Waals surface area (Å²) < 4.78 is 27.0. The van der Waals surface area contributed by atoms with Gasteiger partial charge in [0.05, 0.1) is 4.90 Å². The van der Waals surface area contributed by atoms with Gasteiger partial charge >= 0.3 is 0 Å². The minimum Gasteiger partial charge on any atom is -0.335 e. The topological polar surface area (TPSA) is 66.5 Å². The zero-order valence-corrected chi connectivity index (χ0v) is 16.6. The van der Waals surface area contributed by atoms with Gasteiger partial charge in [0, 0.05) is 24.2 Å². The molecule has 27 heavy (non-hydrogen) atoms. The van der Waals surface area contributed by atoms with E-state index < -0.39 is 10.0 Å². The number of sulfonamides is 1. The summed E-state index contributed by atoms with van der Waals surface area (Å²) in [5.74, 6) is -0.0332. The first-order valence-corrected chi connectivity index (χ1v) is 10.8. The molecule has 2 aromatic rings. The van der Waals surface area contributed by atoms with Gasteiger partial charge in [-0.25, -0.2) is 13.1 Å². The first-order valence-electron chi connectivity index (χ1n) is 9.34. The van der Waals surface area contributed by atoms with Crippen molar-refractivity contribution in [1.82, 2.24) is 9.62 Å². The molecule has 0 spiro atoms. The molecule has 0 aliphatic carbocycles. The molecule has 0 saturated carbocycles. The number of nitrogens with zero attached hydrogens (tertiary/aromatic N) is 1. The highest BCUT2D eigenvalue weighted by Crippen LogP contribution is 2.24. The molecule has 1 unspecified atom stereocenters. The Labute approximate surface area is 161 Å². The summed E-state index contributed by atoms with van der Waals surface area (Å²) in [4.78, 5) is 15.0. The molecule has 1 amide bonds. The summed E-state index contributed by atoms with van der Waals surface area (Å²) in [6, 6.07) is 16.4. The number of benzene rings is 2. The maximum Gasteiger partial charge on any atom is 0.254 e. The van der Waals surface area contributed by atoms with Gasteiger partial charge in [-0.1, -0.05) is 30.3 Å². The third-order valence-corrected chi connectivity index (χ3v) is 6.43. The summed E-state index contributed by atoms with van der Waals surface area (Å²) in [6.07, 6.45) is 2.83. The molecule has 1 heterocycles. The van der Waals surface area contributed by atoms with Gasteiger partial charge in [-0.05, 0) is 62.9 Å². The first-order chi connectivity index (χ1) is 12.9. The van der Waals surface area contributed by atoms with Crippen molar-refractivity contribution >= 4 is 15.9 Å². The van der Waals surface area contributed by atoms with Gasteiger partial charge in [-0.3, -0.25) is 4.79 Å². The zero-order chi connectivity index (χ0) is 19.4. The van der Waals surface area contributed by atoms with E-state index in [1.165, 1.54) is 17.7 Å². The van der Waals surface area contributed by atoms with E-state index in [9.17, 15) is 13.2 Å². The van der Waals surface area contributed by atoms with Crippen molar-refractivity contribution in [1.29, 1.82) is 0 Å². The van der Waals surface area contributed by atoms with Crippen LogP contribution in [0, 0.1) is 0 Å². The van der Waals surface area contributed by atoms with E-state index in [-0.39, 0.29) is 22.9 Å². The Morgan fingerprint density at radius 3 is 2.41 bits per heavy atom. The Bertz CT molecular complexity index is 877. The predicted molar refractivity (Wildman–Crippen MR) is 106 cm³/mol. The normalized spacial score (nSPS) is 17.4. The lowest BCUT2D eigenvalue weighted by atomic mass is 10.0. The molecule has 6 heteroatoms. The second kappa shape index (κ2) is 8.23. The molecule has 1 fully saturated rings. The number of nitrogens with one attached hydrogen (secondary N) is 1. The van der Waals surface area contributed by atoms with Crippen molar-refractivity contribution in [3.05, 3.63) is 65.7 Å². The molecule has 2 aromatic carbocycles. The van der Waals surface area contributed by atoms with Gasteiger partial charge < -0.3 is 4.90 Å².